The summed E-state index contributed by atoms with van der Waals surface area (Å²) in [6.07, 6.45) is 1.25. The number of amides is 3. The molecule has 9 heteroatoms. The van der Waals surface area contributed by atoms with Crippen molar-refractivity contribution in [2.24, 2.45) is 11.8 Å². The summed E-state index contributed by atoms with van der Waals surface area (Å²) in [6, 6.07) is 1.47. The lowest BCUT2D eigenvalue weighted by atomic mass is 9.85. The van der Waals surface area contributed by atoms with Gasteiger partial charge in [-0.2, -0.15) is 13.2 Å². The van der Waals surface area contributed by atoms with Crippen molar-refractivity contribution in [2.75, 3.05) is 13.1 Å². The third-order valence-electron chi connectivity index (χ3n) is 5.36. The highest BCUT2D eigenvalue weighted by Gasteiger charge is 2.52. The SMILES string of the molecule is O=C(c1ccc(C(F)(F)F)nc1)N1CC(N2C(=O)[C@H]3CC=CC[C@H]3C2=O)C1. The Morgan fingerprint density at radius 1 is 1.04 bits per heavy atom. The number of hydrogen-bond donors (Lipinski definition) is 0. The number of aromatic nitrogens is 1. The van der Waals surface area contributed by atoms with E-state index in [0.29, 0.717) is 12.8 Å². The number of fused-ring (bicyclic) bond motifs is 1. The molecule has 0 spiro atoms. The number of pyridine rings is 1. The van der Waals surface area contributed by atoms with Crippen molar-refractivity contribution in [1.29, 1.82) is 0 Å². The van der Waals surface area contributed by atoms with E-state index in [2.05, 4.69) is 4.98 Å². The predicted molar refractivity (Wildman–Crippen MR) is 86.1 cm³/mol. The Morgan fingerprint density at radius 2 is 1.63 bits per heavy atom. The summed E-state index contributed by atoms with van der Waals surface area (Å²) in [5, 5.41) is 0. The molecule has 0 saturated carbocycles. The van der Waals surface area contributed by atoms with Gasteiger partial charge in [0.25, 0.3) is 5.91 Å². The van der Waals surface area contributed by atoms with Crippen molar-refractivity contribution in [3.63, 3.8) is 0 Å². The molecule has 1 aromatic rings. The first-order valence-corrected chi connectivity index (χ1v) is 8.62. The second-order valence-corrected chi connectivity index (χ2v) is 7.00. The van der Waals surface area contributed by atoms with Gasteiger partial charge in [0.2, 0.25) is 11.8 Å². The van der Waals surface area contributed by atoms with E-state index in [0.717, 1.165) is 18.3 Å². The van der Waals surface area contributed by atoms with Gasteiger partial charge in [0.1, 0.15) is 5.69 Å². The zero-order chi connectivity index (χ0) is 19.3. The normalized spacial score (nSPS) is 25.6. The van der Waals surface area contributed by atoms with Crippen LogP contribution in [0.3, 0.4) is 0 Å². The minimum absolute atomic E-state index is 0.0402. The average molecular weight is 379 g/mol. The summed E-state index contributed by atoms with van der Waals surface area (Å²) in [5.74, 6) is -1.48. The molecule has 0 radical (unpaired) electrons. The van der Waals surface area contributed by atoms with Crippen molar-refractivity contribution >= 4 is 17.7 Å². The first-order valence-electron chi connectivity index (χ1n) is 8.62. The second kappa shape index (κ2) is 6.17. The maximum Gasteiger partial charge on any atom is 0.433 e. The van der Waals surface area contributed by atoms with Gasteiger partial charge in [-0.1, -0.05) is 12.2 Å². The van der Waals surface area contributed by atoms with Crippen molar-refractivity contribution in [3.05, 3.63) is 41.7 Å². The van der Waals surface area contributed by atoms with Crippen LogP contribution in [0, 0.1) is 11.8 Å². The fourth-order valence-corrected chi connectivity index (χ4v) is 3.84. The molecule has 6 nitrogen and oxygen atoms in total. The van der Waals surface area contributed by atoms with E-state index in [1.54, 1.807) is 0 Å². The molecule has 2 saturated heterocycles. The number of carbonyl (C=O) groups is 3. The number of carbonyl (C=O) groups excluding carboxylic acids is 3. The van der Waals surface area contributed by atoms with E-state index in [1.165, 1.54) is 9.80 Å². The van der Waals surface area contributed by atoms with Gasteiger partial charge in [-0.25, -0.2) is 0 Å². The van der Waals surface area contributed by atoms with Crippen LogP contribution in [0.1, 0.15) is 28.9 Å². The van der Waals surface area contributed by atoms with Crippen LogP contribution in [0.5, 0.6) is 0 Å². The highest BCUT2D eigenvalue weighted by molar-refractivity contribution is 6.06. The van der Waals surface area contributed by atoms with Crippen molar-refractivity contribution in [1.82, 2.24) is 14.8 Å². The maximum absolute atomic E-state index is 12.5. The van der Waals surface area contributed by atoms with Crippen LogP contribution < -0.4 is 0 Å². The Morgan fingerprint density at radius 3 is 2.11 bits per heavy atom. The minimum atomic E-state index is -4.56. The molecule has 4 rings (SSSR count). The molecule has 2 atom stereocenters. The quantitative estimate of drug-likeness (QED) is 0.581. The van der Waals surface area contributed by atoms with Gasteiger partial charge >= 0.3 is 6.18 Å². The van der Waals surface area contributed by atoms with Crippen LogP contribution in [-0.4, -0.2) is 51.6 Å². The van der Waals surface area contributed by atoms with E-state index in [-0.39, 0.29) is 48.3 Å². The molecule has 0 unspecified atom stereocenters. The maximum atomic E-state index is 12.5. The number of alkyl halides is 3. The highest BCUT2D eigenvalue weighted by Crippen LogP contribution is 2.37. The van der Waals surface area contributed by atoms with Crippen LogP contribution in [0.25, 0.3) is 0 Å². The van der Waals surface area contributed by atoms with Gasteiger partial charge in [-0.15, -0.1) is 0 Å². The molecule has 0 aromatic carbocycles. The van der Waals surface area contributed by atoms with Crippen LogP contribution >= 0.6 is 0 Å². The smallest absolute Gasteiger partial charge is 0.334 e. The lowest BCUT2D eigenvalue weighted by Gasteiger charge is -2.43. The van der Waals surface area contributed by atoms with E-state index < -0.39 is 17.8 Å². The Bertz CT molecular complexity index is 802. The molecule has 3 aliphatic rings. The van der Waals surface area contributed by atoms with Crippen LogP contribution in [0.15, 0.2) is 30.5 Å². The number of likely N-dealkylation sites (tertiary alicyclic amines) is 2. The second-order valence-electron chi connectivity index (χ2n) is 7.00. The van der Waals surface area contributed by atoms with Gasteiger partial charge in [0, 0.05) is 19.3 Å². The van der Waals surface area contributed by atoms with Crippen molar-refractivity contribution in [2.45, 2.75) is 25.1 Å². The van der Waals surface area contributed by atoms with E-state index >= 15 is 0 Å². The molecule has 1 aromatic heterocycles. The number of hydrogen-bond acceptors (Lipinski definition) is 4. The Kier molecular flexibility index (Phi) is 4.05. The molecular weight excluding hydrogens is 363 g/mol. The van der Waals surface area contributed by atoms with Gasteiger partial charge < -0.3 is 4.90 Å². The van der Waals surface area contributed by atoms with Gasteiger partial charge in [0.15, 0.2) is 0 Å². The van der Waals surface area contributed by atoms with Crippen molar-refractivity contribution < 1.29 is 27.6 Å². The zero-order valence-electron chi connectivity index (χ0n) is 14.1. The van der Waals surface area contributed by atoms with Gasteiger partial charge in [-0.3, -0.25) is 24.3 Å². The number of imide groups is 1. The number of nitrogens with zero attached hydrogens (tertiary/aromatic N) is 3. The summed E-state index contributed by atoms with van der Waals surface area (Å²) < 4.78 is 37.6. The lowest BCUT2D eigenvalue weighted by Crippen LogP contribution is -2.62. The van der Waals surface area contributed by atoms with Gasteiger partial charge in [0.05, 0.1) is 23.4 Å². The monoisotopic (exact) mass is 379 g/mol. The number of rotatable bonds is 2. The Hall–Kier alpha value is -2.71. The molecule has 27 heavy (non-hydrogen) atoms. The Balaban J connectivity index is 1.40. The molecule has 1 aliphatic carbocycles. The third-order valence-corrected chi connectivity index (χ3v) is 5.36. The molecule has 142 valence electrons. The standard InChI is InChI=1S/C18H16F3N3O3/c19-18(20,21)14-6-5-10(7-22-14)15(25)23-8-11(9-23)24-16(26)12-3-1-2-4-13(12)17(24)27/h1-2,5-7,11-13H,3-4,8-9H2/t12-,13+. The zero-order valence-corrected chi connectivity index (χ0v) is 14.1. The number of allylic oxidation sites excluding steroid dienone is 2. The first-order chi connectivity index (χ1) is 12.8. The van der Waals surface area contributed by atoms with Crippen LogP contribution in [0.4, 0.5) is 13.2 Å². The highest BCUT2D eigenvalue weighted by atomic mass is 19.4. The lowest BCUT2D eigenvalue weighted by molar-refractivity contribution is -0.146. The van der Waals surface area contributed by atoms with Crippen LogP contribution in [0.2, 0.25) is 0 Å². The van der Waals surface area contributed by atoms with Gasteiger partial charge in [-0.05, 0) is 25.0 Å². The molecular formula is C18H16F3N3O3. The molecule has 0 N–H and O–H groups in total. The molecule has 2 aliphatic heterocycles. The summed E-state index contributed by atoms with van der Waals surface area (Å²) >= 11 is 0. The summed E-state index contributed by atoms with van der Waals surface area (Å²) in [4.78, 5) is 43.4. The minimum Gasteiger partial charge on any atom is -0.334 e. The third kappa shape index (κ3) is 2.90. The topological polar surface area (TPSA) is 70.6 Å². The molecule has 3 heterocycles. The average Bonchev–Trinajstić information content (AvgIpc) is 2.85. The van der Waals surface area contributed by atoms with E-state index in [9.17, 15) is 27.6 Å². The first kappa shape index (κ1) is 17.7. The molecule has 2 fully saturated rings. The molecule has 0 bridgehead atoms. The fraction of sp³-hybridized carbons (Fsp3) is 0.444. The fourth-order valence-electron chi connectivity index (χ4n) is 3.84. The van der Waals surface area contributed by atoms with E-state index in [1.807, 2.05) is 12.2 Å². The largest absolute Gasteiger partial charge is 0.433 e. The Labute approximate surface area is 152 Å². The predicted octanol–water partition coefficient (Wildman–Crippen LogP) is 1.88. The van der Waals surface area contributed by atoms with Crippen LogP contribution in [-0.2, 0) is 15.8 Å². The molecule has 3 amide bonds. The summed E-state index contributed by atoms with van der Waals surface area (Å²) in [5.41, 5.74) is -1.02. The summed E-state index contributed by atoms with van der Waals surface area (Å²) in [6.45, 7) is 0.369. The number of halogens is 3. The van der Waals surface area contributed by atoms with Crippen molar-refractivity contribution in [3.8, 4) is 0 Å². The van der Waals surface area contributed by atoms with E-state index in [4.69, 9.17) is 0 Å². The summed E-state index contributed by atoms with van der Waals surface area (Å²) in [7, 11) is 0.